The predicted octanol–water partition coefficient (Wildman–Crippen LogP) is 1.21. The third-order valence-electron chi connectivity index (χ3n) is 2.75. The number of hydrogen-bond donors (Lipinski definition) is 2. The first-order chi connectivity index (χ1) is 9.54. The molecule has 0 unspecified atom stereocenters. The van der Waals surface area contributed by atoms with Gasteiger partial charge in [0.05, 0.1) is 0 Å². The number of amides is 2. The van der Waals surface area contributed by atoms with Gasteiger partial charge in [0.15, 0.2) is 6.61 Å². The molecule has 20 heavy (non-hydrogen) atoms. The lowest BCUT2D eigenvalue weighted by Gasteiger charge is -2.10. The second-order valence-electron chi connectivity index (χ2n) is 4.32. The van der Waals surface area contributed by atoms with E-state index in [9.17, 15) is 14.4 Å². The van der Waals surface area contributed by atoms with Gasteiger partial charge in [-0.2, -0.15) is 0 Å². The molecule has 1 aromatic rings. The van der Waals surface area contributed by atoms with Crippen LogP contribution in [0, 0.1) is 0 Å². The van der Waals surface area contributed by atoms with E-state index < -0.39 is 17.9 Å². The minimum atomic E-state index is -0.636. The highest BCUT2D eigenvalue weighted by atomic mass is 79.9. The van der Waals surface area contributed by atoms with Crippen LogP contribution in [-0.2, 0) is 19.1 Å². The highest BCUT2D eigenvalue weighted by Crippen LogP contribution is 2.14. The lowest BCUT2D eigenvalue weighted by molar-refractivity contribution is -0.149. The SMILES string of the molecule is O=C(COC(=O)[C@@H]1CCC(=O)N1)Nc1ccc(Br)cc1. The molecule has 1 atom stereocenters. The topological polar surface area (TPSA) is 84.5 Å². The Hall–Kier alpha value is -1.89. The van der Waals surface area contributed by atoms with Gasteiger partial charge in [0.25, 0.3) is 5.91 Å². The molecule has 0 bridgehead atoms. The predicted molar refractivity (Wildman–Crippen MR) is 74.9 cm³/mol. The molecule has 7 heteroatoms. The van der Waals surface area contributed by atoms with Crippen LogP contribution in [0.25, 0.3) is 0 Å². The molecule has 1 aromatic carbocycles. The van der Waals surface area contributed by atoms with Crippen molar-refractivity contribution in [3.05, 3.63) is 28.7 Å². The number of ether oxygens (including phenoxy) is 1. The largest absolute Gasteiger partial charge is 0.454 e. The highest BCUT2D eigenvalue weighted by Gasteiger charge is 2.28. The zero-order valence-electron chi connectivity index (χ0n) is 10.5. The van der Waals surface area contributed by atoms with E-state index in [1.54, 1.807) is 24.3 Å². The molecule has 2 rings (SSSR count). The van der Waals surface area contributed by atoms with E-state index in [1.165, 1.54) is 0 Å². The summed E-state index contributed by atoms with van der Waals surface area (Å²) in [5, 5.41) is 5.08. The van der Waals surface area contributed by atoms with Gasteiger partial charge >= 0.3 is 5.97 Å². The summed E-state index contributed by atoms with van der Waals surface area (Å²) in [6.07, 6.45) is 0.719. The summed E-state index contributed by atoms with van der Waals surface area (Å²) in [4.78, 5) is 34.1. The lowest BCUT2D eigenvalue weighted by Crippen LogP contribution is -2.36. The summed E-state index contributed by atoms with van der Waals surface area (Å²) in [6.45, 7) is -0.374. The van der Waals surface area contributed by atoms with Crippen molar-refractivity contribution in [2.75, 3.05) is 11.9 Å². The van der Waals surface area contributed by atoms with Crippen molar-refractivity contribution < 1.29 is 19.1 Å². The molecular formula is C13H13BrN2O4. The molecule has 0 radical (unpaired) electrons. The Morgan fingerprint density at radius 1 is 1.35 bits per heavy atom. The monoisotopic (exact) mass is 340 g/mol. The van der Waals surface area contributed by atoms with Crippen molar-refractivity contribution in [2.45, 2.75) is 18.9 Å². The summed E-state index contributed by atoms with van der Waals surface area (Å²) in [6, 6.07) is 6.39. The van der Waals surface area contributed by atoms with Crippen LogP contribution in [0.4, 0.5) is 5.69 Å². The zero-order chi connectivity index (χ0) is 14.5. The average molecular weight is 341 g/mol. The number of anilines is 1. The summed E-state index contributed by atoms with van der Waals surface area (Å²) in [7, 11) is 0. The molecule has 106 valence electrons. The Kier molecular flexibility index (Phi) is 4.73. The van der Waals surface area contributed by atoms with Crippen LogP contribution in [0.15, 0.2) is 28.7 Å². The number of carbonyl (C=O) groups is 3. The van der Waals surface area contributed by atoms with Crippen LogP contribution >= 0.6 is 15.9 Å². The second-order valence-corrected chi connectivity index (χ2v) is 5.24. The van der Waals surface area contributed by atoms with E-state index in [2.05, 4.69) is 26.6 Å². The van der Waals surface area contributed by atoms with Crippen molar-refractivity contribution in [2.24, 2.45) is 0 Å². The van der Waals surface area contributed by atoms with Crippen molar-refractivity contribution >= 4 is 39.4 Å². The fourth-order valence-electron chi connectivity index (χ4n) is 1.76. The van der Waals surface area contributed by atoms with Crippen LogP contribution in [0.1, 0.15) is 12.8 Å². The molecule has 1 fully saturated rings. The average Bonchev–Trinajstić information content (AvgIpc) is 2.85. The Bertz CT molecular complexity index is 530. The summed E-state index contributed by atoms with van der Waals surface area (Å²) in [5.74, 6) is -1.18. The standard InChI is InChI=1S/C13H13BrN2O4/c14-8-1-3-9(4-2-8)15-12(18)7-20-13(19)10-5-6-11(17)16-10/h1-4,10H,5-7H2,(H,15,18)(H,16,17)/t10-/m0/s1. The van der Waals surface area contributed by atoms with Crippen molar-refractivity contribution in [1.82, 2.24) is 5.32 Å². The van der Waals surface area contributed by atoms with E-state index in [4.69, 9.17) is 4.74 Å². The maximum Gasteiger partial charge on any atom is 0.329 e. The molecule has 1 aliphatic heterocycles. The smallest absolute Gasteiger partial charge is 0.329 e. The molecule has 0 saturated carbocycles. The molecular weight excluding hydrogens is 328 g/mol. The van der Waals surface area contributed by atoms with E-state index in [-0.39, 0.29) is 12.5 Å². The van der Waals surface area contributed by atoms with Crippen LogP contribution in [0.2, 0.25) is 0 Å². The van der Waals surface area contributed by atoms with Gasteiger partial charge in [-0.3, -0.25) is 9.59 Å². The van der Waals surface area contributed by atoms with Crippen LogP contribution in [0.5, 0.6) is 0 Å². The van der Waals surface area contributed by atoms with E-state index in [1.807, 2.05) is 0 Å². The molecule has 1 saturated heterocycles. The molecule has 2 N–H and O–H groups in total. The van der Waals surface area contributed by atoms with E-state index in [0.717, 1.165) is 4.47 Å². The number of hydrogen-bond acceptors (Lipinski definition) is 4. The molecule has 6 nitrogen and oxygen atoms in total. The van der Waals surface area contributed by atoms with Gasteiger partial charge in [-0.15, -0.1) is 0 Å². The third kappa shape index (κ3) is 4.06. The van der Waals surface area contributed by atoms with Crippen LogP contribution in [-0.4, -0.2) is 30.4 Å². The van der Waals surface area contributed by atoms with Gasteiger partial charge in [0.1, 0.15) is 6.04 Å². The van der Waals surface area contributed by atoms with Crippen molar-refractivity contribution in [3.8, 4) is 0 Å². The third-order valence-corrected chi connectivity index (χ3v) is 3.28. The second kappa shape index (κ2) is 6.51. The van der Waals surface area contributed by atoms with Crippen molar-refractivity contribution in [1.29, 1.82) is 0 Å². The Morgan fingerprint density at radius 3 is 2.65 bits per heavy atom. The van der Waals surface area contributed by atoms with Gasteiger partial charge in [0.2, 0.25) is 5.91 Å². The van der Waals surface area contributed by atoms with Crippen molar-refractivity contribution in [3.63, 3.8) is 0 Å². The van der Waals surface area contributed by atoms with E-state index in [0.29, 0.717) is 18.5 Å². The molecule has 1 aliphatic rings. The van der Waals surface area contributed by atoms with Gasteiger partial charge in [0, 0.05) is 16.6 Å². The van der Waals surface area contributed by atoms with Gasteiger partial charge < -0.3 is 15.4 Å². The van der Waals surface area contributed by atoms with Gasteiger partial charge in [-0.25, -0.2) is 4.79 Å². The Labute approximate surface area is 124 Å². The fraction of sp³-hybridized carbons (Fsp3) is 0.308. The molecule has 0 spiro atoms. The molecule has 0 aromatic heterocycles. The lowest BCUT2D eigenvalue weighted by atomic mass is 10.2. The number of benzene rings is 1. The minimum absolute atomic E-state index is 0.175. The molecule has 2 amide bonds. The number of carbonyl (C=O) groups excluding carboxylic acids is 3. The van der Waals surface area contributed by atoms with E-state index >= 15 is 0 Å². The molecule has 1 heterocycles. The quantitative estimate of drug-likeness (QED) is 0.807. The number of nitrogens with one attached hydrogen (secondary N) is 2. The van der Waals surface area contributed by atoms with Crippen LogP contribution in [0.3, 0.4) is 0 Å². The number of rotatable bonds is 4. The maximum atomic E-state index is 11.6. The first-order valence-electron chi connectivity index (χ1n) is 6.06. The van der Waals surface area contributed by atoms with Gasteiger partial charge in [-0.05, 0) is 30.7 Å². The van der Waals surface area contributed by atoms with Crippen LogP contribution < -0.4 is 10.6 Å². The van der Waals surface area contributed by atoms with Gasteiger partial charge in [-0.1, -0.05) is 15.9 Å². The first kappa shape index (κ1) is 14.5. The maximum absolute atomic E-state index is 11.6. The fourth-order valence-corrected chi connectivity index (χ4v) is 2.02. The summed E-state index contributed by atoms with van der Waals surface area (Å²) < 4.78 is 5.76. The highest BCUT2D eigenvalue weighted by molar-refractivity contribution is 9.10. The Balaban J connectivity index is 1.76. The molecule has 0 aliphatic carbocycles. The minimum Gasteiger partial charge on any atom is -0.454 e. The zero-order valence-corrected chi connectivity index (χ0v) is 12.1. The first-order valence-corrected chi connectivity index (χ1v) is 6.85. The number of esters is 1. The summed E-state index contributed by atoms with van der Waals surface area (Å²) >= 11 is 3.29. The Morgan fingerprint density at radius 2 is 2.05 bits per heavy atom. The summed E-state index contributed by atoms with van der Waals surface area (Å²) in [5.41, 5.74) is 0.614. The normalized spacial score (nSPS) is 17.4. The number of halogens is 1.